The average Bonchev–Trinajstić information content (AvgIpc) is 2.66. The summed E-state index contributed by atoms with van der Waals surface area (Å²) in [5.74, 6) is -25.8. The Labute approximate surface area is 145 Å². The summed E-state index contributed by atoms with van der Waals surface area (Å²) in [6, 6.07) is 0. The van der Waals surface area contributed by atoms with Gasteiger partial charge in [-0.2, -0.15) is 0 Å². The van der Waals surface area contributed by atoms with E-state index in [9.17, 15) is 43.9 Å². The van der Waals surface area contributed by atoms with Crippen LogP contribution in [0.2, 0.25) is 0 Å². The number of benzene rings is 2. The zero-order valence-electron chi connectivity index (χ0n) is 13.1. The third kappa shape index (κ3) is 2.80. The second-order valence-corrected chi connectivity index (χ2v) is 7.96. The molecule has 0 saturated carbocycles. The molecule has 0 aliphatic rings. The van der Waals surface area contributed by atoms with E-state index in [1.807, 2.05) is 0 Å². The van der Waals surface area contributed by atoms with Crippen molar-refractivity contribution in [1.29, 1.82) is 0 Å². The van der Waals surface area contributed by atoms with Crippen molar-refractivity contribution in [3.05, 3.63) is 58.2 Å². The lowest BCUT2D eigenvalue weighted by Gasteiger charge is -2.29. The van der Waals surface area contributed by atoms with Crippen LogP contribution in [0.25, 0.3) is 0 Å². The molecule has 13 heteroatoms. The molecule has 0 spiro atoms. The zero-order chi connectivity index (χ0) is 20.8. The molecule has 0 aliphatic heterocycles. The Morgan fingerprint density at radius 2 is 0.593 bits per heavy atom. The minimum atomic E-state index is -5.64. The van der Waals surface area contributed by atoms with E-state index in [-0.39, 0.29) is 0 Å². The van der Waals surface area contributed by atoms with E-state index in [1.54, 1.807) is 0 Å². The van der Waals surface area contributed by atoms with Gasteiger partial charge in [0.2, 0.25) is 11.6 Å². The average molecular weight is 424 g/mol. The van der Waals surface area contributed by atoms with Crippen LogP contribution < -0.4 is 10.4 Å². The molecule has 0 fully saturated rings. The predicted octanol–water partition coefficient (Wildman–Crippen LogP) is 2.93. The van der Waals surface area contributed by atoms with Crippen LogP contribution >= 0.6 is 0 Å². The Morgan fingerprint density at radius 3 is 0.778 bits per heavy atom. The Hall–Kier alpha value is -2.12. The Kier molecular flexibility index (Phi) is 5.59. The second kappa shape index (κ2) is 7.13. The van der Waals surface area contributed by atoms with E-state index >= 15 is 0 Å². The van der Waals surface area contributed by atoms with Gasteiger partial charge in [-0.25, -0.2) is 43.9 Å². The molecule has 27 heavy (non-hydrogen) atoms. The van der Waals surface area contributed by atoms with Crippen molar-refractivity contribution < 1.29 is 52.8 Å². The van der Waals surface area contributed by atoms with Gasteiger partial charge in [0.15, 0.2) is 46.5 Å². The zero-order valence-corrected chi connectivity index (χ0v) is 14.1. The first-order valence-corrected chi connectivity index (χ1v) is 8.43. The van der Waals surface area contributed by atoms with Crippen molar-refractivity contribution in [2.45, 2.75) is 0 Å². The quantitative estimate of drug-likeness (QED) is 0.325. The molecule has 0 heterocycles. The van der Waals surface area contributed by atoms with Gasteiger partial charge < -0.3 is 8.85 Å². The van der Waals surface area contributed by atoms with Gasteiger partial charge in [0.1, 0.15) is 0 Å². The smallest absolute Gasteiger partial charge is 0.391 e. The summed E-state index contributed by atoms with van der Waals surface area (Å²) in [5, 5.41) is -3.96. The summed E-state index contributed by atoms with van der Waals surface area (Å²) in [6.45, 7) is 0. The van der Waals surface area contributed by atoms with Gasteiger partial charge >= 0.3 is 8.56 Å². The fraction of sp³-hybridized carbons (Fsp3) is 0.143. The number of halogens is 10. The highest BCUT2D eigenvalue weighted by Gasteiger charge is 2.53. The van der Waals surface area contributed by atoms with Crippen LogP contribution in [0.5, 0.6) is 0 Å². The second-order valence-electron chi connectivity index (χ2n) is 4.91. The molecule has 0 N–H and O–H groups in total. The summed E-state index contributed by atoms with van der Waals surface area (Å²) in [5.41, 5.74) is 0. The summed E-state index contributed by atoms with van der Waals surface area (Å²) in [4.78, 5) is 0. The molecular formula is C14H6F10O2Si. The summed E-state index contributed by atoms with van der Waals surface area (Å²) < 4.78 is 146. The molecule has 0 aliphatic carbocycles. The number of hydrogen-bond acceptors (Lipinski definition) is 2. The molecule has 0 aromatic heterocycles. The molecule has 2 aromatic rings. The lowest BCUT2D eigenvalue weighted by Crippen LogP contribution is -2.67. The molecule has 148 valence electrons. The van der Waals surface area contributed by atoms with E-state index < -0.39 is 77.1 Å². The van der Waals surface area contributed by atoms with Crippen molar-refractivity contribution in [2.24, 2.45) is 0 Å². The SMILES string of the molecule is CO[Si](OC)(c1c(F)c(F)c(F)c(F)c1F)c1c(F)c(F)c(F)c(F)c1F. The first kappa shape index (κ1) is 21.2. The van der Waals surface area contributed by atoms with Crippen LogP contribution in [-0.2, 0) is 8.85 Å². The van der Waals surface area contributed by atoms with Crippen molar-refractivity contribution in [1.82, 2.24) is 0 Å². The lowest BCUT2D eigenvalue weighted by molar-refractivity contribution is 0.263. The minimum absolute atomic E-state index is 0.478. The van der Waals surface area contributed by atoms with Crippen molar-refractivity contribution in [3.63, 3.8) is 0 Å². The lowest BCUT2D eigenvalue weighted by atomic mass is 10.3. The van der Waals surface area contributed by atoms with Crippen LogP contribution in [0.15, 0.2) is 0 Å². The summed E-state index contributed by atoms with van der Waals surface area (Å²) in [7, 11) is -4.68. The molecule has 2 rings (SSSR count). The van der Waals surface area contributed by atoms with Crippen LogP contribution in [-0.4, -0.2) is 22.8 Å². The topological polar surface area (TPSA) is 18.5 Å². The third-order valence-electron chi connectivity index (χ3n) is 3.65. The van der Waals surface area contributed by atoms with Gasteiger partial charge in [0.05, 0.1) is 10.4 Å². The monoisotopic (exact) mass is 424 g/mol. The van der Waals surface area contributed by atoms with E-state index in [1.165, 1.54) is 0 Å². The third-order valence-corrected chi connectivity index (χ3v) is 7.00. The molecule has 0 saturated heterocycles. The van der Waals surface area contributed by atoms with Gasteiger partial charge in [-0.15, -0.1) is 0 Å². The molecule has 0 amide bonds. The predicted molar refractivity (Wildman–Crippen MR) is 71.5 cm³/mol. The van der Waals surface area contributed by atoms with Gasteiger partial charge in [0.25, 0.3) is 0 Å². The first-order chi connectivity index (χ1) is 12.5. The maximum absolute atomic E-state index is 14.1. The van der Waals surface area contributed by atoms with Gasteiger partial charge in [0, 0.05) is 14.2 Å². The molecule has 2 nitrogen and oxygen atoms in total. The number of rotatable bonds is 4. The van der Waals surface area contributed by atoms with Crippen molar-refractivity contribution >= 4 is 18.9 Å². The Balaban J connectivity index is 3.09. The first-order valence-electron chi connectivity index (χ1n) is 6.61. The molecule has 0 unspecified atom stereocenters. The Bertz CT molecular complexity index is 800. The van der Waals surface area contributed by atoms with Gasteiger partial charge in [-0.05, 0) is 0 Å². The minimum Gasteiger partial charge on any atom is -0.391 e. The molecular weight excluding hydrogens is 418 g/mol. The van der Waals surface area contributed by atoms with E-state index in [0.717, 1.165) is 0 Å². The van der Waals surface area contributed by atoms with E-state index in [2.05, 4.69) is 8.85 Å². The molecule has 0 atom stereocenters. The summed E-state index contributed by atoms with van der Waals surface area (Å²) in [6.07, 6.45) is 0. The summed E-state index contributed by atoms with van der Waals surface area (Å²) >= 11 is 0. The van der Waals surface area contributed by atoms with Gasteiger partial charge in [-0.1, -0.05) is 0 Å². The van der Waals surface area contributed by atoms with E-state index in [0.29, 0.717) is 14.2 Å². The standard InChI is InChI=1S/C14H6F10O2Si/c1-25-27(26-2,13-9(21)5(17)3(15)6(18)10(13)22)14-11(23)7(19)4(16)8(20)12(14)24/h1-2H3. The van der Waals surface area contributed by atoms with Crippen LogP contribution in [0, 0.1) is 58.2 Å². The maximum atomic E-state index is 14.1. The molecule has 0 bridgehead atoms. The van der Waals surface area contributed by atoms with Gasteiger partial charge in [-0.3, -0.25) is 0 Å². The van der Waals surface area contributed by atoms with Crippen molar-refractivity contribution in [3.8, 4) is 0 Å². The fourth-order valence-electron chi connectivity index (χ4n) is 2.40. The maximum Gasteiger partial charge on any atom is 0.419 e. The van der Waals surface area contributed by atoms with Crippen LogP contribution in [0.1, 0.15) is 0 Å². The molecule has 0 radical (unpaired) electrons. The highest BCUT2D eigenvalue weighted by Crippen LogP contribution is 2.24. The van der Waals surface area contributed by atoms with Crippen LogP contribution in [0.3, 0.4) is 0 Å². The van der Waals surface area contributed by atoms with E-state index in [4.69, 9.17) is 0 Å². The highest BCUT2D eigenvalue weighted by molar-refractivity contribution is 6.92. The van der Waals surface area contributed by atoms with Crippen LogP contribution in [0.4, 0.5) is 43.9 Å². The largest absolute Gasteiger partial charge is 0.419 e. The van der Waals surface area contributed by atoms with Crippen molar-refractivity contribution in [2.75, 3.05) is 14.2 Å². The molecule has 2 aromatic carbocycles. The number of hydrogen-bond donors (Lipinski definition) is 0. The Morgan fingerprint density at radius 1 is 0.407 bits per heavy atom. The fourth-order valence-corrected chi connectivity index (χ4v) is 5.23. The highest BCUT2D eigenvalue weighted by atomic mass is 28.4. The normalized spacial score (nSPS) is 12.0.